The molecule has 1 unspecified atom stereocenters. The molecule has 0 fully saturated rings. The summed E-state index contributed by atoms with van der Waals surface area (Å²) in [6, 6.07) is 6.57. The number of ether oxygens (including phenoxy) is 1. The summed E-state index contributed by atoms with van der Waals surface area (Å²) in [5, 5.41) is 0. The minimum atomic E-state index is 0.276. The van der Waals surface area contributed by atoms with E-state index in [1.165, 1.54) is 40.7 Å². The van der Waals surface area contributed by atoms with Crippen molar-refractivity contribution in [2.45, 2.75) is 80.7 Å². The van der Waals surface area contributed by atoms with Gasteiger partial charge < -0.3 is 9.30 Å². The van der Waals surface area contributed by atoms with Crippen molar-refractivity contribution < 1.29 is 4.74 Å². The molecule has 0 N–H and O–H groups in total. The minimum absolute atomic E-state index is 0.276. The van der Waals surface area contributed by atoms with Crippen molar-refractivity contribution in [3.63, 3.8) is 0 Å². The van der Waals surface area contributed by atoms with Crippen LogP contribution in [0.3, 0.4) is 0 Å². The standard InChI is InChI=1S/C31H40N2O/c1-8-9-27-11-10-26(20-33-16-15-32-25(33)6)18-30(27)34-17-14-31(7)13-12-28-23(4)21(2)22(3)24(5)29(28)19-31/h8-11,15-16,18H,12-14,17,19-20H2,1-7H3/b9-8+. The van der Waals surface area contributed by atoms with Crippen molar-refractivity contribution in [1.82, 2.24) is 9.55 Å². The van der Waals surface area contributed by atoms with Gasteiger partial charge in [0, 0.05) is 24.5 Å². The second kappa shape index (κ2) is 9.82. The van der Waals surface area contributed by atoms with Crippen LogP contribution in [0.5, 0.6) is 5.75 Å². The predicted octanol–water partition coefficient (Wildman–Crippen LogP) is 7.47. The molecule has 1 aliphatic rings. The highest BCUT2D eigenvalue weighted by molar-refractivity contribution is 5.58. The Bertz CT molecular complexity index is 1220. The van der Waals surface area contributed by atoms with Gasteiger partial charge >= 0.3 is 0 Å². The number of allylic oxidation sites excluding steroid dienone is 1. The van der Waals surface area contributed by atoms with Gasteiger partial charge in [-0.3, -0.25) is 0 Å². The van der Waals surface area contributed by atoms with E-state index in [9.17, 15) is 0 Å². The number of aryl methyl sites for hydroxylation is 1. The third-order valence-electron chi connectivity index (χ3n) is 8.20. The van der Waals surface area contributed by atoms with Crippen molar-refractivity contribution in [1.29, 1.82) is 0 Å². The van der Waals surface area contributed by atoms with Gasteiger partial charge in [-0.25, -0.2) is 4.98 Å². The third kappa shape index (κ3) is 4.85. The Morgan fingerprint density at radius 3 is 2.44 bits per heavy atom. The quantitative estimate of drug-likeness (QED) is 0.369. The van der Waals surface area contributed by atoms with Gasteiger partial charge in [0.1, 0.15) is 11.6 Å². The smallest absolute Gasteiger partial charge is 0.126 e. The van der Waals surface area contributed by atoms with Gasteiger partial charge in [-0.2, -0.15) is 0 Å². The monoisotopic (exact) mass is 456 g/mol. The molecule has 4 rings (SSSR count). The van der Waals surface area contributed by atoms with Crippen LogP contribution < -0.4 is 4.74 Å². The Balaban J connectivity index is 1.48. The van der Waals surface area contributed by atoms with E-state index < -0.39 is 0 Å². The molecule has 3 aromatic rings. The molecule has 34 heavy (non-hydrogen) atoms. The van der Waals surface area contributed by atoms with Crippen LogP contribution in [0.4, 0.5) is 0 Å². The third-order valence-corrected chi connectivity index (χ3v) is 8.20. The topological polar surface area (TPSA) is 27.1 Å². The van der Waals surface area contributed by atoms with Crippen LogP contribution >= 0.6 is 0 Å². The zero-order valence-corrected chi connectivity index (χ0v) is 22.1. The van der Waals surface area contributed by atoms with E-state index in [-0.39, 0.29) is 5.41 Å². The molecule has 0 saturated carbocycles. The number of nitrogens with zero attached hydrogens (tertiary/aromatic N) is 2. The Labute approximate surface area is 205 Å². The van der Waals surface area contributed by atoms with Crippen molar-refractivity contribution in [3.05, 3.63) is 87.0 Å². The molecule has 3 nitrogen and oxygen atoms in total. The lowest BCUT2D eigenvalue weighted by molar-refractivity contribution is 0.190. The summed E-state index contributed by atoms with van der Waals surface area (Å²) in [4.78, 5) is 4.35. The molecule has 0 spiro atoms. The lowest BCUT2D eigenvalue weighted by Gasteiger charge is -2.37. The number of hydrogen-bond donors (Lipinski definition) is 0. The zero-order chi connectivity index (χ0) is 24.5. The molecule has 0 aliphatic heterocycles. The van der Waals surface area contributed by atoms with Crippen LogP contribution in [-0.4, -0.2) is 16.2 Å². The lowest BCUT2D eigenvalue weighted by atomic mass is 9.68. The molecule has 0 radical (unpaired) electrons. The largest absolute Gasteiger partial charge is 0.493 e. The normalized spacial score (nSPS) is 17.9. The molecule has 1 heterocycles. The fraction of sp³-hybridized carbons (Fsp3) is 0.452. The van der Waals surface area contributed by atoms with Gasteiger partial charge in [0.05, 0.1) is 6.61 Å². The van der Waals surface area contributed by atoms with E-state index in [1.807, 2.05) is 19.3 Å². The molecule has 0 amide bonds. The summed E-state index contributed by atoms with van der Waals surface area (Å²) in [7, 11) is 0. The average Bonchev–Trinajstić information content (AvgIpc) is 3.22. The minimum Gasteiger partial charge on any atom is -0.493 e. The molecule has 2 aromatic carbocycles. The van der Waals surface area contributed by atoms with Gasteiger partial charge in [0.15, 0.2) is 0 Å². The van der Waals surface area contributed by atoms with Crippen LogP contribution in [0.1, 0.15) is 77.0 Å². The summed E-state index contributed by atoms with van der Waals surface area (Å²) in [5.74, 6) is 2.01. The Hall–Kier alpha value is -2.81. The molecule has 1 aromatic heterocycles. The summed E-state index contributed by atoms with van der Waals surface area (Å²) in [6.45, 7) is 17.3. The highest BCUT2D eigenvalue weighted by atomic mass is 16.5. The second-order valence-electron chi connectivity index (χ2n) is 10.5. The lowest BCUT2D eigenvalue weighted by Crippen LogP contribution is -2.29. The van der Waals surface area contributed by atoms with Gasteiger partial charge in [-0.05, 0) is 118 Å². The predicted molar refractivity (Wildman–Crippen MR) is 143 cm³/mol. The van der Waals surface area contributed by atoms with Crippen LogP contribution in [0.15, 0.2) is 36.7 Å². The van der Waals surface area contributed by atoms with Gasteiger partial charge in [-0.1, -0.05) is 31.2 Å². The number of aromatic nitrogens is 2. The molecule has 0 bridgehead atoms. The van der Waals surface area contributed by atoms with Crippen LogP contribution in [0.2, 0.25) is 0 Å². The van der Waals surface area contributed by atoms with Crippen molar-refractivity contribution >= 4 is 6.08 Å². The highest BCUT2D eigenvalue weighted by Gasteiger charge is 2.32. The zero-order valence-electron chi connectivity index (χ0n) is 22.1. The molecular formula is C31H40N2O. The molecular weight excluding hydrogens is 416 g/mol. The van der Waals surface area contributed by atoms with Crippen LogP contribution in [0, 0.1) is 40.0 Å². The molecule has 1 atom stereocenters. The average molecular weight is 457 g/mol. The molecule has 180 valence electrons. The summed E-state index contributed by atoms with van der Waals surface area (Å²) in [6.07, 6.45) is 12.7. The first-order valence-corrected chi connectivity index (χ1v) is 12.7. The molecule has 1 aliphatic carbocycles. The number of hydrogen-bond acceptors (Lipinski definition) is 2. The summed E-state index contributed by atoms with van der Waals surface area (Å²) >= 11 is 0. The van der Waals surface area contributed by atoms with Gasteiger partial charge in [-0.15, -0.1) is 0 Å². The fourth-order valence-corrected chi connectivity index (χ4v) is 5.50. The Kier molecular flexibility index (Phi) is 7.02. The second-order valence-corrected chi connectivity index (χ2v) is 10.5. The van der Waals surface area contributed by atoms with E-state index >= 15 is 0 Å². The number of benzene rings is 2. The first-order valence-electron chi connectivity index (χ1n) is 12.7. The van der Waals surface area contributed by atoms with E-state index in [0.717, 1.165) is 43.1 Å². The Morgan fingerprint density at radius 2 is 1.76 bits per heavy atom. The number of rotatable bonds is 7. The van der Waals surface area contributed by atoms with Gasteiger partial charge in [0.25, 0.3) is 0 Å². The number of fused-ring (bicyclic) bond motifs is 1. The first-order chi connectivity index (χ1) is 16.2. The van der Waals surface area contributed by atoms with E-state index in [1.54, 1.807) is 11.1 Å². The molecule has 0 saturated heterocycles. The molecule has 3 heteroatoms. The number of imidazole rings is 1. The van der Waals surface area contributed by atoms with E-state index in [4.69, 9.17) is 4.74 Å². The maximum atomic E-state index is 6.46. The fourth-order valence-electron chi connectivity index (χ4n) is 5.50. The summed E-state index contributed by atoms with van der Waals surface area (Å²) < 4.78 is 8.63. The SMILES string of the molecule is C/C=C/c1ccc(Cn2ccnc2C)cc1OCCC1(C)CCc2c(C)c(C)c(C)c(C)c2C1. The van der Waals surface area contributed by atoms with E-state index in [2.05, 4.69) is 81.4 Å². The van der Waals surface area contributed by atoms with E-state index in [0.29, 0.717) is 0 Å². The maximum Gasteiger partial charge on any atom is 0.126 e. The maximum absolute atomic E-state index is 6.46. The van der Waals surface area contributed by atoms with Crippen LogP contribution in [0.25, 0.3) is 6.08 Å². The van der Waals surface area contributed by atoms with Crippen molar-refractivity contribution in [2.75, 3.05) is 6.61 Å². The van der Waals surface area contributed by atoms with Crippen LogP contribution in [-0.2, 0) is 19.4 Å². The van der Waals surface area contributed by atoms with Gasteiger partial charge in [0.2, 0.25) is 0 Å². The highest BCUT2D eigenvalue weighted by Crippen LogP contribution is 2.42. The summed E-state index contributed by atoms with van der Waals surface area (Å²) in [5.41, 5.74) is 11.8. The van der Waals surface area contributed by atoms with Crippen molar-refractivity contribution in [3.8, 4) is 5.75 Å². The first kappa shape index (κ1) is 24.3. The van der Waals surface area contributed by atoms with Crippen molar-refractivity contribution in [2.24, 2.45) is 5.41 Å². The Morgan fingerprint density at radius 1 is 1.03 bits per heavy atom.